The van der Waals surface area contributed by atoms with Gasteiger partial charge >= 0.3 is 5.97 Å². The summed E-state index contributed by atoms with van der Waals surface area (Å²) < 4.78 is 26.6. The van der Waals surface area contributed by atoms with Crippen molar-refractivity contribution in [2.24, 2.45) is 17.8 Å². The number of aliphatic carboxylic acids is 1. The molecule has 0 heterocycles. The maximum atomic E-state index is 13.3. The van der Waals surface area contributed by atoms with Crippen LogP contribution in [0, 0.1) is 29.4 Å². The van der Waals surface area contributed by atoms with Gasteiger partial charge in [0.2, 0.25) is 0 Å². The highest BCUT2D eigenvalue weighted by Crippen LogP contribution is 2.49. The van der Waals surface area contributed by atoms with Crippen LogP contribution >= 0.6 is 0 Å². The summed E-state index contributed by atoms with van der Waals surface area (Å²) in [4.78, 5) is 11.5. The average molecular weight is 295 g/mol. The second-order valence-electron chi connectivity index (χ2n) is 6.31. The Kier molecular flexibility index (Phi) is 3.69. The summed E-state index contributed by atoms with van der Waals surface area (Å²) >= 11 is 0. The molecule has 2 N–H and O–H groups in total. The molecule has 3 rings (SSSR count). The smallest absolute Gasteiger partial charge is 0.308 e. The number of hydrogen-bond acceptors (Lipinski definition) is 2. The van der Waals surface area contributed by atoms with E-state index in [0.717, 1.165) is 25.3 Å². The summed E-state index contributed by atoms with van der Waals surface area (Å²) in [6.45, 7) is 1.82. The molecule has 0 spiro atoms. The first kappa shape index (κ1) is 14.4. The molecule has 0 amide bonds. The van der Waals surface area contributed by atoms with E-state index >= 15 is 0 Å². The molecule has 2 saturated carbocycles. The van der Waals surface area contributed by atoms with Crippen molar-refractivity contribution >= 4 is 5.97 Å². The van der Waals surface area contributed by atoms with Crippen molar-refractivity contribution in [3.05, 3.63) is 35.4 Å². The minimum absolute atomic E-state index is 0.109. The van der Waals surface area contributed by atoms with Crippen molar-refractivity contribution in [2.75, 3.05) is 0 Å². The summed E-state index contributed by atoms with van der Waals surface area (Å²) in [7, 11) is 0. The van der Waals surface area contributed by atoms with Gasteiger partial charge in [0.1, 0.15) is 11.6 Å². The molecule has 2 bridgehead atoms. The Bertz CT molecular complexity index is 543. The van der Waals surface area contributed by atoms with Crippen LogP contribution in [0.4, 0.5) is 8.78 Å². The summed E-state index contributed by atoms with van der Waals surface area (Å²) in [5, 5.41) is 12.7. The third-order valence-corrected chi connectivity index (χ3v) is 5.03. The van der Waals surface area contributed by atoms with Gasteiger partial charge in [-0.3, -0.25) is 4.79 Å². The third-order valence-electron chi connectivity index (χ3n) is 5.03. The van der Waals surface area contributed by atoms with Crippen LogP contribution < -0.4 is 5.32 Å². The summed E-state index contributed by atoms with van der Waals surface area (Å²) in [5.74, 6) is -1.77. The quantitative estimate of drug-likeness (QED) is 0.897. The van der Waals surface area contributed by atoms with E-state index in [0.29, 0.717) is 11.5 Å². The van der Waals surface area contributed by atoms with Crippen molar-refractivity contribution in [3.63, 3.8) is 0 Å². The zero-order chi connectivity index (χ0) is 15.1. The van der Waals surface area contributed by atoms with E-state index in [1.807, 2.05) is 6.92 Å². The number of carbonyl (C=O) groups is 1. The third kappa shape index (κ3) is 2.67. The standard InChI is InChI=1S/C16H19F2NO2/c1-8(11-5-12(17)7-13(18)6-11)19-15-10-3-2-9(4-10)14(15)16(20)21/h5-10,14-15,19H,2-4H2,1H3,(H,20,21). The van der Waals surface area contributed by atoms with Gasteiger partial charge in [0, 0.05) is 18.2 Å². The fraction of sp³-hybridized carbons (Fsp3) is 0.562. The number of benzene rings is 1. The minimum atomic E-state index is -0.766. The van der Waals surface area contributed by atoms with E-state index in [9.17, 15) is 18.7 Å². The van der Waals surface area contributed by atoms with E-state index in [2.05, 4.69) is 5.32 Å². The van der Waals surface area contributed by atoms with Crippen molar-refractivity contribution in [1.82, 2.24) is 5.32 Å². The van der Waals surface area contributed by atoms with Crippen LogP contribution in [0.1, 0.15) is 37.8 Å². The Morgan fingerprint density at radius 3 is 2.48 bits per heavy atom. The van der Waals surface area contributed by atoms with Gasteiger partial charge in [-0.1, -0.05) is 0 Å². The molecule has 3 nitrogen and oxygen atoms in total. The van der Waals surface area contributed by atoms with Crippen molar-refractivity contribution in [1.29, 1.82) is 0 Å². The minimum Gasteiger partial charge on any atom is -0.481 e. The molecule has 0 saturated heterocycles. The Balaban J connectivity index is 1.77. The zero-order valence-electron chi connectivity index (χ0n) is 11.9. The molecule has 0 aromatic heterocycles. The predicted molar refractivity (Wildman–Crippen MR) is 73.7 cm³/mol. The van der Waals surface area contributed by atoms with Gasteiger partial charge in [-0.05, 0) is 55.7 Å². The Hall–Kier alpha value is -1.49. The average Bonchev–Trinajstić information content (AvgIpc) is 2.97. The highest BCUT2D eigenvalue weighted by molar-refractivity contribution is 5.72. The Morgan fingerprint density at radius 1 is 1.24 bits per heavy atom. The lowest BCUT2D eigenvalue weighted by atomic mass is 9.84. The van der Waals surface area contributed by atoms with Gasteiger partial charge in [-0.2, -0.15) is 0 Å². The topological polar surface area (TPSA) is 49.3 Å². The molecule has 0 aliphatic heterocycles. The summed E-state index contributed by atoms with van der Waals surface area (Å²) in [5.41, 5.74) is 0.513. The molecule has 21 heavy (non-hydrogen) atoms. The predicted octanol–water partition coefficient (Wildman–Crippen LogP) is 3.11. The van der Waals surface area contributed by atoms with Gasteiger partial charge in [-0.15, -0.1) is 0 Å². The monoisotopic (exact) mass is 295 g/mol. The highest BCUT2D eigenvalue weighted by Gasteiger charge is 2.51. The number of carboxylic acid groups (broad SMARTS) is 1. The molecule has 114 valence electrons. The number of nitrogens with one attached hydrogen (secondary N) is 1. The Morgan fingerprint density at radius 2 is 1.86 bits per heavy atom. The summed E-state index contributed by atoms with van der Waals surface area (Å²) in [6.07, 6.45) is 2.96. The summed E-state index contributed by atoms with van der Waals surface area (Å²) in [6, 6.07) is 3.05. The van der Waals surface area contributed by atoms with Crippen molar-refractivity contribution < 1.29 is 18.7 Å². The maximum absolute atomic E-state index is 13.3. The van der Waals surface area contributed by atoms with Crippen molar-refractivity contribution in [2.45, 2.75) is 38.3 Å². The molecular formula is C16H19F2NO2. The first-order valence-electron chi connectivity index (χ1n) is 7.40. The lowest BCUT2D eigenvalue weighted by Gasteiger charge is -2.31. The lowest BCUT2D eigenvalue weighted by molar-refractivity contribution is -0.144. The fourth-order valence-electron chi connectivity index (χ4n) is 4.10. The molecule has 5 atom stereocenters. The van der Waals surface area contributed by atoms with Gasteiger partial charge in [-0.25, -0.2) is 8.78 Å². The SMILES string of the molecule is CC(NC1C2CCC(C2)C1C(=O)O)c1cc(F)cc(F)c1. The van der Waals surface area contributed by atoms with Crippen LogP contribution in [0.5, 0.6) is 0 Å². The zero-order valence-corrected chi connectivity index (χ0v) is 11.9. The normalized spacial score (nSPS) is 32.3. The molecule has 5 unspecified atom stereocenters. The molecule has 2 fully saturated rings. The number of carboxylic acids is 1. The van der Waals surface area contributed by atoms with Gasteiger partial charge in [0.05, 0.1) is 5.92 Å². The Labute approximate surface area is 122 Å². The number of halogens is 2. The first-order chi connectivity index (χ1) is 9.95. The number of hydrogen-bond donors (Lipinski definition) is 2. The lowest BCUT2D eigenvalue weighted by Crippen LogP contribution is -2.45. The van der Waals surface area contributed by atoms with Crippen LogP contribution in [0.25, 0.3) is 0 Å². The molecule has 5 heteroatoms. The molecule has 1 aromatic carbocycles. The second-order valence-corrected chi connectivity index (χ2v) is 6.31. The molecule has 2 aliphatic rings. The molecule has 2 aliphatic carbocycles. The van der Waals surface area contributed by atoms with Crippen LogP contribution in [0.15, 0.2) is 18.2 Å². The molecule has 1 aromatic rings. The van der Waals surface area contributed by atoms with E-state index in [1.165, 1.54) is 12.1 Å². The van der Waals surface area contributed by atoms with Crippen LogP contribution in [-0.4, -0.2) is 17.1 Å². The van der Waals surface area contributed by atoms with Gasteiger partial charge in [0.15, 0.2) is 0 Å². The van der Waals surface area contributed by atoms with E-state index in [1.54, 1.807) is 0 Å². The van der Waals surface area contributed by atoms with Crippen molar-refractivity contribution in [3.8, 4) is 0 Å². The first-order valence-corrected chi connectivity index (χ1v) is 7.40. The number of fused-ring (bicyclic) bond motifs is 2. The second kappa shape index (κ2) is 5.37. The van der Waals surface area contributed by atoms with Crippen LogP contribution in [0.3, 0.4) is 0 Å². The number of rotatable bonds is 4. The van der Waals surface area contributed by atoms with Gasteiger partial charge < -0.3 is 10.4 Å². The molecular weight excluding hydrogens is 276 g/mol. The maximum Gasteiger partial charge on any atom is 0.308 e. The van der Waals surface area contributed by atoms with E-state index in [-0.39, 0.29) is 23.9 Å². The van der Waals surface area contributed by atoms with Crippen LogP contribution in [0.2, 0.25) is 0 Å². The van der Waals surface area contributed by atoms with E-state index < -0.39 is 17.6 Å². The molecule has 0 radical (unpaired) electrons. The van der Waals surface area contributed by atoms with E-state index in [4.69, 9.17) is 0 Å². The highest BCUT2D eigenvalue weighted by atomic mass is 19.1. The fourth-order valence-corrected chi connectivity index (χ4v) is 4.10. The largest absolute Gasteiger partial charge is 0.481 e. The van der Waals surface area contributed by atoms with Crippen LogP contribution in [-0.2, 0) is 4.79 Å². The van der Waals surface area contributed by atoms with Gasteiger partial charge in [0.25, 0.3) is 0 Å².